The molecule has 1 N–H and O–H groups in total. The Kier molecular flexibility index (Phi) is 4.56. The van der Waals surface area contributed by atoms with E-state index in [0.29, 0.717) is 19.4 Å². The van der Waals surface area contributed by atoms with E-state index in [9.17, 15) is 13.2 Å². The number of hydrogen-bond donors (Lipinski definition) is 1. The van der Waals surface area contributed by atoms with Gasteiger partial charge in [-0.15, -0.1) is 11.3 Å². The second kappa shape index (κ2) is 5.80. The van der Waals surface area contributed by atoms with Gasteiger partial charge in [-0.25, -0.2) is 0 Å². The summed E-state index contributed by atoms with van der Waals surface area (Å²) in [5, 5.41) is 5.89. The molecule has 0 aliphatic heterocycles. The van der Waals surface area contributed by atoms with Crippen LogP contribution < -0.4 is 5.32 Å². The fourth-order valence-corrected chi connectivity index (χ4v) is 3.34. The Morgan fingerprint density at radius 3 is 2.44 bits per heavy atom. The highest BCUT2D eigenvalue weighted by Crippen LogP contribution is 2.37. The molecule has 0 bridgehead atoms. The molecule has 1 aromatic rings. The number of thiophene rings is 1. The highest BCUT2D eigenvalue weighted by atomic mass is 35.5. The number of halogens is 4. The molecule has 0 spiro atoms. The average molecular weight is 298 g/mol. The lowest BCUT2D eigenvalue weighted by atomic mass is 9.85. The lowest BCUT2D eigenvalue weighted by molar-refractivity contribution is -0.182. The van der Waals surface area contributed by atoms with Crippen LogP contribution in [-0.4, -0.2) is 12.2 Å². The molecule has 6 heteroatoms. The molecule has 1 aliphatic carbocycles. The number of nitrogens with one attached hydrogen (secondary N) is 1. The van der Waals surface area contributed by atoms with Crippen LogP contribution in [0.3, 0.4) is 0 Å². The third-order valence-corrected chi connectivity index (χ3v) is 4.66. The molecule has 0 aromatic carbocycles. The van der Waals surface area contributed by atoms with E-state index in [4.69, 9.17) is 11.6 Å². The summed E-state index contributed by atoms with van der Waals surface area (Å²) >= 11 is 7.38. The van der Waals surface area contributed by atoms with Crippen LogP contribution >= 0.6 is 22.9 Å². The summed E-state index contributed by atoms with van der Waals surface area (Å²) in [6.45, 7) is 0.693. The van der Waals surface area contributed by atoms with E-state index in [-0.39, 0.29) is 18.9 Å². The summed E-state index contributed by atoms with van der Waals surface area (Å²) in [6.07, 6.45) is -2.34. The molecule has 18 heavy (non-hydrogen) atoms. The Labute approximate surface area is 113 Å². The zero-order chi connectivity index (χ0) is 13.2. The Balaban J connectivity index is 1.74. The van der Waals surface area contributed by atoms with Crippen molar-refractivity contribution in [2.75, 3.05) is 0 Å². The lowest BCUT2D eigenvalue weighted by Crippen LogP contribution is -2.36. The van der Waals surface area contributed by atoms with Crippen LogP contribution in [0.5, 0.6) is 0 Å². The molecule has 1 nitrogen and oxygen atoms in total. The van der Waals surface area contributed by atoms with Crippen molar-refractivity contribution in [3.63, 3.8) is 0 Å². The van der Waals surface area contributed by atoms with Crippen LogP contribution in [0.2, 0.25) is 5.02 Å². The molecule has 0 radical (unpaired) electrons. The van der Waals surface area contributed by atoms with E-state index >= 15 is 0 Å². The van der Waals surface area contributed by atoms with Crippen LogP contribution in [-0.2, 0) is 6.54 Å². The second-order valence-electron chi connectivity index (χ2n) is 4.70. The molecule has 1 heterocycles. The third kappa shape index (κ3) is 3.87. The summed E-state index contributed by atoms with van der Waals surface area (Å²) in [7, 11) is 0. The van der Waals surface area contributed by atoms with E-state index < -0.39 is 12.1 Å². The van der Waals surface area contributed by atoms with Gasteiger partial charge in [0.15, 0.2) is 0 Å². The molecule has 1 saturated carbocycles. The maximum atomic E-state index is 12.5. The zero-order valence-electron chi connectivity index (χ0n) is 9.77. The van der Waals surface area contributed by atoms with Crippen LogP contribution in [0.25, 0.3) is 0 Å². The fourth-order valence-electron chi connectivity index (χ4n) is 2.32. The third-order valence-electron chi connectivity index (χ3n) is 3.38. The maximum absolute atomic E-state index is 12.5. The quantitative estimate of drug-likeness (QED) is 0.859. The topological polar surface area (TPSA) is 12.0 Å². The van der Waals surface area contributed by atoms with Gasteiger partial charge in [0, 0.05) is 22.8 Å². The van der Waals surface area contributed by atoms with Crippen LogP contribution in [0.4, 0.5) is 13.2 Å². The molecule has 0 unspecified atom stereocenters. The van der Waals surface area contributed by atoms with Gasteiger partial charge < -0.3 is 5.32 Å². The summed E-state index contributed by atoms with van der Waals surface area (Å²) in [5.41, 5.74) is 0. The first-order valence-corrected chi connectivity index (χ1v) is 7.24. The van der Waals surface area contributed by atoms with E-state index in [1.54, 1.807) is 11.3 Å². The fraction of sp³-hybridized carbons (Fsp3) is 0.667. The molecule has 1 aromatic heterocycles. The van der Waals surface area contributed by atoms with Gasteiger partial charge in [0.1, 0.15) is 0 Å². The Hall–Kier alpha value is -0.260. The van der Waals surface area contributed by atoms with Crippen molar-refractivity contribution in [1.29, 1.82) is 0 Å². The molecule has 0 amide bonds. The van der Waals surface area contributed by atoms with Gasteiger partial charge in [-0.05, 0) is 31.7 Å². The van der Waals surface area contributed by atoms with Gasteiger partial charge in [0.2, 0.25) is 0 Å². The van der Waals surface area contributed by atoms with E-state index in [1.807, 2.05) is 11.4 Å². The SMILES string of the molecule is FC(F)(F)C1CCC(NCc2cc(Cl)cs2)CC1. The molecular weight excluding hydrogens is 283 g/mol. The van der Waals surface area contributed by atoms with Gasteiger partial charge in [-0.2, -0.15) is 13.2 Å². The molecule has 1 fully saturated rings. The Morgan fingerprint density at radius 2 is 1.94 bits per heavy atom. The summed E-state index contributed by atoms with van der Waals surface area (Å²) in [6, 6.07) is 2.09. The normalized spacial score (nSPS) is 25.3. The van der Waals surface area contributed by atoms with Crippen molar-refractivity contribution in [2.24, 2.45) is 5.92 Å². The minimum absolute atomic E-state index is 0.199. The largest absolute Gasteiger partial charge is 0.391 e. The summed E-state index contributed by atoms with van der Waals surface area (Å²) in [5.74, 6) is -1.10. The van der Waals surface area contributed by atoms with E-state index in [2.05, 4.69) is 5.32 Å². The monoisotopic (exact) mass is 297 g/mol. The van der Waals surface area contributed by atoms with Gasteiger partial charge >= 0.3 is 6.18 Å². The zero-order valence-corrected chi connectivity index (χ0v) is 11.3. The lowest BCUT2D eigenvalue weighted by Gasteiger charge is -2.30. The van der Waals surface area contributed by atoms with Gasteiger partial charge in [-0.1, -0.05) is 11.6 Å². The molecule has 0 atom stereocenters. The highest BCUT2D eigenvalue weighted by Gasteiger charge is 2.41. The van der Waals surface area contributed by atoms with Crippen molar-refractivity contribution in [3.8, 4) is 0 Å². The van der Waals surface area contributed by atoms with Crippen LogP contribution in [0, 0.1) is 5.92 Å². The minimum atomic E-state index is -4.02. The second-order valence-corrected chi connectivity index (χ2v) is 6.13. The van der Waals surface area contributed by atoms with E-state index in [0.717, 1.165) is 9.90 Å². The number of hydrogen-bond acceptors (Lipinski definition) is 2. The summed E-state index contributed by atoms with van der Waals surface area (Å²) in [4.78, 5) is 1.12. The number of alkyl halides is 3. The van der Waals surface area contributed by atoms with Crippen LogP contribution in [0.1, 0.15) is 30.6 Å². The van der Waals surface area contributed by atoms with Crippen molar-refractivity contribution in [1.82, 2.24) is 5.32 Å². The predicted molar refractivity (Wildman–Crippen MR) is 68.0 cm³/mol. The van der Waals surface area contributed by atoms with Gasteiger partial charge in [0.05, 0.1) is 10.9 Å². The van der Waals surface area contributed by atoms with Gasteiger partial charge in [-0.3, -0.25) is 0 Å². The molecule has 102 valence electrons. The molecule has 0 saturated heterocycles. The first-order valence-electron chi connectivity index (χ1n) is 5.98. The molecule has 2 rings (SSSR count). The Bertz CT molecular complexity index is 383. The molecular formula is C12H15ClF3NS. The highest BCUT2D eigenvalue weighted by molar-refractivity contribution is 7.10. The first-order chi connectivity index (χ1) is 8.45. The van der Waals surface area contributed by atoms with Crippen molar-refractivity contribution >= 4 is 22.9 Å². The Morgan fingerprint density at radius 1 is 1.28 bits per heavy atom. The first kappa shape index (κ1) is 14.2. The van der Waals surface area contributed by atoms with Crippen molar-refractivity contribution in [3.05, 3.63) is 21.3 Å². The summed E-state index contributed by atoms with van der Waals surface area (Å²) < 4.78 is 37.5. The number of rotatable bonds is 3. The smallest absolute Gasteiger partial charge is 0.309 e. The average Bonchev–Trinajstić information content (AvgIpc) is 2.72. The molecule has 1 aliphatic rings. The van der Waals surface area contributed by atoms with Gasteiger partial charge in [0.25, 0.3) is 0 Å². The maximum Gasteiger partial charge on any atom is 0.391 e. The minimum Gasteiger partial charge on any atom is -0.309 e. The van der Waals surface area contributed by atoms with Crippen molar-refractivity contribution in [2.45, 2.75) is 44.4 Å². The standard InChI is InChI=1S/C12H15ClF3NS/c13-9-5-11(18-7-9)6-17-10-3-1-8(2-4-10)12(14,15)16/h5,7-8,10,17H,1-4,6H2. The van der Waals surface area contributed by atoms with Crippen molar-refractivity contribution < 1.29 is 13.2 Å². The van der Waals surface area contributed by atoms with E-state index in [1.165, 1.54) is 0 Å². The van der Waals surface area contributed by atoms with Crippen LogP contribution in [0.15, 0.2) is 11.4 Å². The predicted octanol–water partition coefficient (Wildman–Crippen LogP) is 4.61.